The molecule has 0 spiro atoms. The summed E-state index contributed by atoms with van der Waals surface area (Å²) in [5, 5.41) is 0. The Balaban J connectivity index is 1.45. The number of nitrogens with zero attached hydrogens (tertiary/aromatic N) is 2. The molecule has 2 bridgehead atoms. The van der Waals surface area contributed by atoms with E-state index in [0.29, 0.717) is 11.8 Å². The van der Waals surface area contributed by atoms with E-state index in [1.165, 1.54) is 30.8 Å². The second kappa shape index (κ2) is 7.29. The van der Waals surface area contributed by atoms with Gasteiger partial charge in [-0.1, -0.05) is 49.4 Å². The van der Waals surface area contributed by atoms with E-state index in [1.54, 1.807) is 11.1 Å². The van der Waals surface area contributed by atoms with E-state index in [1.807, 2.05) is 0 Å². The van der Waals surface area contributed by atoms with Crippen molar-refractivity contribution in [3.63, 3.8) is 0 Å². The number of morpholine rings is 1. The molecule has 0 amide bonds. The summed E-state index contributed by atoms with van der Waals surface area (Å²) < 4.78 is 5.60. The molecule has 0 N–H and O–H groups in total. The maximum atomic E-state index is 5.60. The molecule has 2 fully saturated rings. The fourth-order valence-electron chi connectivity index (χ4n) is 5.56. The van der Waals surface area contributed by atoms with Crippen molar-refractivity contribution >= 4 is 5.69 Å². The highest BCUT2D eigenvalue weighted by molar-refractivity contribution is 5.62. The van der Waals surface area contributed by atoms with Gasteiger partial charge in [-0.05, 0) is 47.6 Å². The minimum Gasteiger partial charge on any atom is -0.378 e. The van der Waals surface area contributed by atoms with Gasteiger partial charge in [-0.15, -0.1) is 0 Å². The van der Waals surface area contributed by atoms with Crippen LogP contribution >= 0.6 is 0 Å². The number of anilines is 1. The quantitative estimate of drug-likeness (QED) is 0.812. The first kappa shape index (κ1) is 17.3. The van der Waals surface area contributed by atoms with Gasteiger partial charge in [0.25, 0.3) is 0 Å². The van der Waals surface area contributed by atoms with E-state index in [9.17, 15) is 0 Å². The van der Waals surface area contributed by atoms with Crippen molar-refractivity contribution < 1.29 is 4.74 Å². The van der Waals surface area contributed by atoms with Crippen molar-refractivity contribution in [3.05, 3.63) is 65.2 Å². The summed E-state index contributed by atoms with van der Waals surface area (Å²) in [6.45, 7) is 9.71. The Kier molecular flexibility index (Phi) is 4.66. The van der Waals surface area contributed by atoms with Gasteiger partial charge in [0.2, 0.25) is 0 Å². The predicted octanol–water partition coefficient (Wildman–Crippen LogP) is 4.25. The highest BCUT2D eigenvalue weighted by Crippen LogP contribution is 2.53. The predicted molar refractivity (Wildman–Crippen MR) is 110 cm³/mol. The number of benzene rings is 2. The summed E-state index contributed by atoms with van der Waals surface area (Å²) in [4.78, 5) is 5.25. The number of fused-ring (bicyclic) bond motifs is 5. The first-order chi connectivity index (χ1) is 13.3. The lowest BCUT2D eigenvalue weighted by Crippen LogP contribution is -2.37. The second-order valence-corrected chi connectivity index (χ2v) is 8.46. The van der Waals surface area contributed by atoms with Gasteiger partial charge in [0.05, 0.1) is 13.2 Å². The number of likely N-dealkylation sites (tertiary alicyclic amines) is 1. The van der Waals surface area contributed by atoms with Gasteiger partial charge < -0.3 is 9.64 Å². The van der Waals surface area contributed by atoms with Crippen LogP contribution in [0.1, 0.15) is 41.9 Å². The Hall–Kier alpha value is -1.84. The van der Waals surface area contributed by atoms with E-state index in [0.717, 1.165) is 38.8 Å². The topological polar surface area (TPSA) is 15.7 Å². The Morgan fingerprint density at radius 1 is 0.926 bits per heavy atom. The zero-order valence-corrected chi connectivity index (χ0v) is 16.3. The van der Waals surface area contributed by atoms with E-state index in [2.05, 4.69) is 65.3 Å². The van der Waals surface area contributed by atoms with Crippen LogP contribution in [0.4, 0.5) is 5.69 Å². The molecule has 2 aliphatic heterocycles. The Morgan fingerprint density at radius 3 is 2.56 bits per heavy atom. The Morgan fingerprint density at radius 2 is 1.74 bits per heavy atom. The maximum absolute atomic E-state index is 5.60. The van der Waals surface area contributed by atoms with Gasteiger partial charge in [0.1, 0.15) is 0 Å². The zero-order chi connectivity index (χ0) is 18.2. The molecule has 5 rings (SSSR count). The first-order valence-corrected chi connectivity index (χ1v) is 10.5. The molecule has 27 heavy (non-hydrogen) atoms. The van der Waals surface area contributed by atoms with Crippen LogP contribution in [0.25, 0.3) is 0 Å². The zero-order valence-electron chi connectivity index (χ0n) is 16.3. The fraction of sp³-hybridized carbons (Fsp3) is 0.500. The van der Waals surface area contributed by atoms with Gasteiger partial charge in [-0.3, -0.25) is 4.90 Å². The Bertz CT molecular complexity index is 784. The lowest BCUT2D eigenvalue weighted by molar-refractivity contribution is 0.122. The summed E-state index contributed by atoms with van der Waals surface area (Å²) in [6, 6.07) is 18.0. The van der Waals surface area contributed by atoms with Crippen molar-refractivity contribution in [2.75, 3.05) is 44.3 Å². The van der Waals surface area contributed by atoms with Gasteiger partial charge in [0.15, 0.2) is 0 Å². The van der Waals surface area contributed by atoms with Crippen LogP contribution in [-0.4, -0.2) is 44.3 Å². The average molecular weight is 363 g/mol. The van der Waals surface area contributed by atoms with Crippen molar-refractivity contribution in [1.29, 1.82) is 0 Å². The van der Waals surface area contributed by atoms with Gasteiger partial charge >= 0.3 is 0 Å². The summed E-state index contributed by atoms with van der Waals surface area (Å²) in [5.41, 5.74) is 6.20. The molecule has 2 aromatic carbocycles. The summed E-state index contributed by atoms with van der Waals surface area (Å²) in [7, 11) is 0. The highest BCUT2D eigenvalue weighted by atomic mass is 16.5. The molecule has 0 radical (unpaired) electrons. The highest BCUT2D eigenvalue weighted by Gasteiger charge is 2.42. The summed E-state index contributed by atoms with van der Waals surface area (Å²) in [5.74, 6) is 2.10. The van der Waals surface area contributed by atoms with Crippen molar-refractivity contribution in [1.82, 2.24) is 4.90 Å². The van der Waals surface area contributed by atoms with Crippen LogP contribution in [0.3, 0.4) is 0 Å². The average Bonchev–Trinajstić information content (AvgIpc) is 2.87. The molecule has 0 aromatic heterocycles. The number of hydrogen-bond acceptors (Lipinski definition) is 3. The Labute approximate surface area is 162 Å². The van der Waals surface area contributed by atoms with Crippen molar-refractivity contribution in [2.24, 2.45) is 5.92 Å². The van der Waals surface area contributed by atoms with Gasteiger partial charge in [0, 0.05) is 37.8 Å². The van der Waals surface area contributed by atoms with Crippen LogP contribution in [0.15, 0.2) is 48.5 Å². The van der Waals surface area contributed by atoms with E-state index >= 15 is 0 Å². The molecule has 2 saturated heterocycles. The fourth-order valence-corrected chi connectivity index (χ4v) is 5.56. The third-order valence-corrected chi connectivity index (χ3v) is 6.97. The number of hydrogen-bond donors (Lipinski definition) is 0. The molecule has 2 aromatic rings. The smallest absolute Gasteiger partial charge is 0.0642 e. The van der Waals surface area contributed by atoms with Crippen LogP contribution in [0.5, 0.6) is 0 Å². The third kappa shape index (κ3) is 3.17. The molecular weight excluding hydrogens is 332 g/mol. The molecule has 3 nitrogen and oxygen atoms in total. The summed E-state index contributed by atoms with van der Waals surface area (Å²) in [6.07, 6.45) is 1.28. The minimum atomic E-state index is 0.648. The van der Waals surface area contributed by atoms with Crippen molar-refractivity contribution in [3.8, 4) is 0 Å². The number of ether oxygens (including phenoxy) is 1. The largest absolute Gasteiger partial charge is 0.378 e. The molecule has 3 atom stereocenters. The van der Waals surface area contributed by atoms with Crippen molar-refractivity contribution in [2.45, 2.75) is 31.7 Å². The molecule has 0 saturated carbocycles. The van der Waals surface area contributed by atoms with Gasteiger partial charge in [-0.25, -0.2) is 0 Å². The molecular formula is C24H30N2O. The molecule has 3 heteroatoms. The van der Waals surface area contributed by atoms with Gasteiger partial charge in [-0.2, -0.15) is 0 Å². The molecule has 3 aliphatic rings. The lowest BCUT2D eigenvalue weighted by atomic mass is 9.88. The second-order valence-electron chi connectivity index (χ2n) is 8.46. The molecule has 1 aliphatic carbocycles. The molecule has 2 unspecified atom stereocenters. The molecule has 2 heterocycles. The summed E-state index contributed by atoms with van der Waals surface area (Å²) >= 11 is 0. The molecule has 142 valence electrons. The van der Waals surface area contributed by atoms with Crippen LogP contribution in [0.2, 0.25) is 0 Å². The van der Waals surface area contributed by atoms with E-state index in [-0.39, 0.29) is 0 Å². The van der Waals surface area contributed by atoms with E-state index < -0.39 is 0 Å². The van der Waals surface area contributed by atoms with E-state index in [4.69, 9.17) is 4.74 Å². The number of rotatable bonds is 3. The van der Waals surface area contributed by atoms with Crippen LogP contribution < -0.4 is 4.90 Å². The van der Waals surface area contributed by atoms with Crippen LogP contribution in [0, 0.1) is 5.92 Å². The lowest BCUT2D eigenvalue weighted by Gasteiger charge is -2.34. The normalized spacial score (nSPS) is 28.0. The SMILES string of the molecule is C[C@H]1C2CCN(Cc3ccccc3)CC1c1c2cccc1N1CCOCC1. The first-order valence-electron chi connectivity index (χ1n) is 10.5. The minimum absolute atomic E-state index is 0.648. The maximum Gasteiger partial charge on any atom is 0.0642 e. The van der Waals surface area contributed by atoms with Crippen LogP contribution in [-0.2, 0) is 11.3 Å². The third-order valence-electron chi connectivity index (χ3n) is 6.97. The standard InChI is InChI=1S/C24H30N2O/c1-18-20-10-11-25(16-19-6-3-2-4-7-19)17-22(18)24-21(20)8-5-9-23(24)26-12-14-27-15-13-26/h2-9,18,20,22H,10-17H2,1H3/t18-,20?,22?/m0/s1. The monoisotopic (exact) mass is 362 g/mol.